The summed E-state index contributed by atoms with van der Waals surface area (Å²) >= 11 is 0. The number of fused-ring (bicyclic) bond motifs is 21. The predicted molar refractivity (Wildman–Crippen MR) is 553 cm³/mol. The summed E-state index contributed by atoms with van der Waals surface area (Å²) in [6.07, 6.45) is 1.97. The molecule has 0 aliphatic rings. The first-order valence-electron chi connectivity index (χ1n) is 44.9. The van der Waals surface area contributed by atoms with E-state index in [0.717, 1.165) is 150 Å². The van der Waals surface area contributed by atoms with E-state index in [4.69, 9.17) is 16.0 Å². The van der Waals surface area contributed by atoms with Crippen LogP contribution in [0.3, 0.4) is 0 Å². The van der Waals surface area contributed by atoms with E-state index in [1.54, 1.807) is 6.07 Å². The van der Waals surface area contributed by atoms with Gasteiger partial charge in [0.25, 0.3) is 0 Å². The Kier molecular flexibility index (Phi) is 18.5. The Balaban J connectivity index is 0.000000109. The van der Waals surface area contributed by atoms with Crippen LogP contribution in [0.15, 0.2) is 447 Å². The summed E-state index contributed by atoms with van der Waals surface area (Å²) in [7, 11) is 0. The Morgan fingerprint density at radius 2 is 0.615 bits per heavy atom. The fourth-order valence-electron chi connectivity index (χ4n) is 20.6. The largest absolute Gasteiger partial charge is 0.456 e. The SMILES string of the molecule is N#Cc1ccc(-n2c3ccccc3c3cc(-c4ccc5c(c4)c4ccccc4n5-c4ccccc4)ncc32)cc1.N#Cc1cccc(-n2c3ccccc3c3cc(-c4cccc5c4c4ccccc4n5-c4ccc5oc6ccccc6c5c4)ccc32)c1.[C-]#[N+]c1cc(-n2c3ccccc3c3ccc(-c4ccc(-c5ccc6c(c5)c5ccccc5n6-c5ccccc5)cc4)cc32)ccc1C#N. The van der Waals surface area contributed by atoms with Crippen LogP contribution in [0.5, 0.6) is 0 Å². The molecule has 0 spiro atoms. The molecule has 0 saturated heterocycles. The Morgan fingerprint density at radius 1 is 0.230 bits per heavy atom. The molecule has 12 heteroatoms. The lowest BCUT2D eigenvalue weighted by molar-refractivity contribution is 0.669. The van der Waals surface area contributed by atoms with Crippen molar-refractivity contribution in [1.82, 2.24) is 32.4 Å². The number of pyridine rings is 1. The fourth-order valence-corrected chi connectivity index (χ4v) is 20.6. The van der Waals surface area contributed by atoms with Crippen molar-refractivity contribution in [2.24, 2.45) is 0 Å². The Labute approximate surface area is 773 Å². The topological polar surface area (TPSA) is 131 Å². The number of aromatic nitrogens is 7. The van der Waals surface area contributed by atoms with Crippen LogP contribution in [0.4, 0.5) is 5.69 Å². The van der Waals surface area contributed by atoms with Gasteiger partial charge in [0, 0.05) is 115 Å². The molecule has 0 atom stereocenters. The minimum absolute atomic E-state index is 0.357. The van der Waals surface area contributed by atoms with Crippen LogP contribution in [0, 0.1) is 40.6 Å². The molecule has 19 aromatic carbocycles. The highest BCUT2D eigenvalue weighted by atomic mass is 16.3. The van der Waals surface area contributed by atoms with Crippen molar-refractivity contribution in [2.45, 2.75) is 0 Å². The first kappa shape index (κ1) is 78.2. The van der Waals surface area contributed by atoms with E-state index < -0.39 is 0 Å². The van der Waals surface area contributed by atoms with Crippen molar-refractivity contribution in [3.05, 3.63) is 471 Å². The monoisotopic (exact) mass is 1720 g/mol. The van der Waals surface area contributed by atoms with Crippen molar-refractivity contribution in [1.29, 1.82) is 15.8 Å². The molecule has 27 aromatic rings. The van der Waals surface area contributed by atoms with E-state index in [1.807, 2.05) is 79.0 Å². The Bertz CT molecular complexity index is 9750. The number of hydrogen-bond acceptors (Lipinski definition) is 5. The third kappa shape index (κ3) is 12.9. The third-order valence-electron chi connectivity index (χ3n) is 26.7. The van der Waals surface area contributed by atoms with E-state index in [1.165, 1.54) is 81.7 Å². The lowest BCUT2D eigenvalue weighted by atomic mass is 9.98. The minimum Gasteiger partial charge on any atom is -0.456 e. The molecule has 0 amide bonds. The Morgan fingerprint density at radius 3 is 1.20 bits per heavy atom. The van der Waals surface area contributed by atoms with Crippen LogP contribution in [0.1, 0.15) is 16.7 Å². The molecule has 626 valence electrons. The maximum atomic E-state index is 9.60. The molecule has 8 aromatic heterocycles. The van der Waals surface area contributed by atoms with Gasteiger partial charge in [-0.25, -0.2) is 4.85 Å². The van der Waals surface area contributed by atoms with Crippen molar-refractivity contribution < 1.29 is 4.42 Å². The second-order valence-corrected chi connectivity index (χ2v) is 34.1. The summed E-state index contributed by atoms with van der Waals surface area (Å²) < 4.78 is 19.9. The number of hydrogen-bond donors (Lipinski definition) is 0. The number of nitrogens with zero attached hydrogens (tertiary/aromatic N) is 11. The molecule has 0 fully saturated rings. The lowest BCUT2D eigenvalue weighted by Crippen LogP contribution is -1.94. The van der Waals surface area contributed by atoms with Gasteiger partial charge in [0.05, 0.1) is 120 Å². The van der Waals surface area contributed by atoms with E-state index in [9.17, 15) is 15.8 Å². The van der Waals surface area contributed by atoms with Gasteiger partial charge in [-0.3, -0.25) is 4.98 Å². The molecular formula is C123H73N11O. The van der Waals surface area contributed by atoms with Gasteiger partial charge in [0.2, 0.25) is 5.69 Å². The summed E-state index contributed by atoms with van der Waals surface area (Å²) in [6.45, 7) is 7.64. The van der Waals surface area contributed by atoms with Crippen LogP contribution >= 0.6 is 0 Å². The maximum Gasteiger partial charge on any atom is 0.206 e. The Hall–Kier alpha value is -19.1. The second kappa shape index (κ2) is 32.0. The molecule has 0 saturated carbocycles. The van der Waals surface area contributed by atoms with Gasteiger partial charge in [0.1, 0.15) is 11.2 Å². The highest BCUT2D eigenvalue weighted by Crippen LogP contribution is 2.46. The average molecular weight is 1720 g/mol. The van der Waals surface area contributed by atoms with Crippen molar-refractivity contribution in [3.63, 3.8) is 0 Å². The number of para-hydroxylation sites is 9. The zero-order valence-electron chi connectivity index (χ0n) is 72.5. The zero-order valence-corrected chi connectivity index (χ0v) is 72.5. The number of furan rings is 1. The van der Waals surface area contributed by atoms with Crippen molar-refractivity contribution >= 4 is 158 Å². The highest BCUT2D eigenvalue weighted by molar-refractivity contribution is 6.20. The summed E-state index contributed by atoms with van der Waals surface area (Å²) in [5.41, 5.74) is 32.6. The molecule has 12 nitrogen and oxygen atoms in total. The van der Waals surface area contributed by atoms with Gasteiger partial charge >= 0.3 is 0 Å². The normalized spacial score (nSPS) is 11.5. The molecule has 0 unspecified atom stereocenters. The van der Waals surface area contributed by atoms with Gasteiger partial charge < -0.3 is 31.8 Å². The molecule has 0 aliphatic heterocycles. The smallest absolute Gasteiger partial charge is 0.206 e. The molecule has 135 heavy (non-hydrogen) atoms. The average Bonchev–Trinajstić information content (AvgIpc) is 1.59. The van der Waals surface area contributed by atoms with Gasteiger partial charge in [0.15, 0.2) is 0 Å². The van der Waals surface area contributed by atoms with Crippen molar-refractivity contribution in [2.75, 3.05) is 0 Å². The minimum atomic E-state index is 0.357. The zero-order chi connectivity index (χ0) is 89.9. The number of benzene rings is 19. The fraction of sp³-hybridized carbons (Fsp3) is 0. The van der Waals surface area contributed by atoms with Gasteiger partial charge in [-0.05, 0) is 228 Å². The van der Waals surface area contributed by atoms with Crippen LogP contribution in [0.25, 0.3) is 236 Å². The number of rotatable bonds is 10. The summed E-state index contributed by atoms with van der Waals surface area (Å²) in [6, 6.07) is 159. The summed E-state index contributed by atoms with van der Waals surface area (Å²) in [5.74, 6) is 0. The van der Waals surface area contributed by atoms with E-state index in [0.29, 0.717) is 22.4 Å². The molecule has 0 N–H and O–H groups in total. The van der Waals surface area contributed by atoms with E-state index in [2.05, 4.69) is 408 Å². The number of nitriles is 3. The van der Waals surface area contributed by atoms with E-state index >= 15 is 0 Å². The molecule has 0 aliphatic carbocycles. The van der Waals surface area contributed by atoms with Crippen LogP contribution in [-0.2, 0) is 0 Å². The quantitative estimate of drug-likeness (QED) is 0.126. The molecule has 27 rings (SSSR count). The van der Waals surface area contributed by atoms with Gasteiger partial charge in [-0.15, -0.1) is 0 Å². The highest BCUT2D eigenvalue weighted by Gasteiger charge is 2.24. The maximum absolute atomic E-state index is 9.60. The van der Waals surface area contributed by atoms with E-state index in [-0.39, 0.29) is 0 Å². The third-order valence-corrected chi connectivity index (χ3v) is 26.7. The predicted octanol–water partition coefficient (Wildman–Crippen LogP) is 31.8. The van der Waals surface area contributed by atoms with Crippen LogP contribution in [0.2, 0.25) is 0 Å². The van der Waals surface area contributed by atoms with Gasteiger partial charge in [-0.1, -0.05) is 243 Å². The van der Waals surface area contributed by atoms with Gasteiger partial charge in [-0.2, -0.15) is 15.8 Å². The lowest BCUT2D eigenvalue weighted by Gasteiger charge is -2.11. The molecule has 0 radical (unpaired) electrons. The second-order valence-electron chi connectivity index (χ2n) is 34.1. The van der Waals surface area contributed by atoms with Crippen molar-refractivity contribution in [3.8, 4) is 97.0 Å². The first-order chi connectivity index (χ1) is 66.8. The molecule has 8 heterocycles. The standard InChI is InChI=1S/C44H26N4.C43H25N3O.C36H22N4/c1-46-40-27-35(22-19-33(40)28-45)48-41-13-7-5-11-36(41)38-23-20-32(26-44(38)48)30-17-15-29(16-18-30)31-21-24-43-39(25-31)37-12-6-8-14-42(37)47(43)34-9-3-2-4-10-34;44-26-27-9-7-10-29(23-27)45-37-15-4-1-11-32(37)35-24-28(19-21-39(35)45)31-14-8-17-40-43(31)34-13-2-5-16-38(34)46(40)30-20-22-42-36(25-30)33-12-3-6-18-41(33)47-42;37-22-24-14-17-27(18-15-24)40-34-13-7-5-11-29(34)31-21-32(38-23-36(31)40)25-16-19-35-30(20-25)28-10-4-6-12-33(28)39(35)26-8-2-1-3-9-26/h2-27H;1-25H;1-21,23H. The molecular weight excluding hydrogens is 1650 g/mol. The summed E-state index contributed by atoms with van der Waals surface area (Å²) in [5, 5.41) is 44.9. The molecule has 0 bridgehead atoms. The van der Waals surface area contributed by atoms with Crippen LogP contribution in [-0.4, -0.2) is 32.4 Å². The first-order valence-corrected chi connectivity index (χ1v) is 44.9. The summed E-state index contributed by atoms with van der Waals surface area (Å²) in [4.78, 5) is 8.59. The van der Waals surface area contributed by atoms with Crippen LogP contribution < -0.4 is 0 Å².